The van der Waals surface area contributed by atoms with E-state index in [-0.39, 0.29) is 34.6 Å². The van der Waals surface area contributed by atoms with E-state index < -0.39 is 33.3 Å². The fourth-order valence-electron chi connectivity index (χ4n) is 3.54. The first-order valence-corrected chi connectivity index (χ1v) is 9.54. The first-order chi connectivity index (χ1) is 14.8. The predicted octanol–water partition coefficient (Wildman–Crippen LogP) is 3.72. The Bertz CT molecular complexity index is 1090. The summed E-state index contributed by atoms with van der Waals surface area (Å²) in [5.74, 6) is -2.37. The highest BCUT2D eigenvalue weighted by atomic mass is 16.6. The van der Waals surface area contributed by atoms with E-state index in [2.05, 4.69) is 0 Å². The number of amides is 1. The lowest BCUT2D eigenvalue weighted by molar-refractivity contribution is -0.385. The lowest BCUT2D eigenvalue weighted by atomic mass is 9.94. The van der Waals surface area contributed by atoms with Crippen LogP contribution in [-0.2, 0) is 9.59 Å². The summed E-state index contributed by atoms with van der Waals surface area (Å²) in [7, 11) is 0. The van der Waals surface area contributed by atoms with Crippen LogP contribution in [0.5, 0.6) is 0 Å². The molecular weight excluding hydrogens is 406 g/mol. The Morgan fingerprint density at radius 2 is 1.68 bits per heavy atom. The van der Waals surface area contributed by atoms with Gasteiger partial charge in [0, 0.05) is 30.3 Å². The Morgan fingerprint density at radius 1 is 1.03 bits per heavy atom. The number of Topliss-reactive ketones (excluding diaryl/α,β-unsaturated/α-hetero) is 1. The smallest absolute Gasteiger partial charge is 0.295 e. The summed E-state index contributed by atoms with van der Waals surface area (Å²) < 4.78 is 0. The normalized spacial score (nSPS) is 17.7. The van der Waals surface area contributed by atoms with Crippen molar-refractivity contribution in [3.05, 3.63) is 85.5 Å². The number of likely N-dealkylation sites (tertiary alicyclic amines) is 1. The Hall–Kier alpha value is -4.08. The van der Waals surface area contributed by atoms with Crippen molar-refractivity contribution in [3.63, 3.8) is 0 Å². The molecule has 0 saturated carbocycles. The van der Waals surface area contributed by atoms with E-state index >= 15 is 0 Å². The molecule has 0 aromatic heterocycles. The number of nitro groups is 2. The number of non-ortho nitro benzene ring substituents is 1. The molecule has 2 aromatic carbocycles. The average molecular weight is 425 g/mol. The van der Waals surface area contributed by atoms with Gasteiger partial charge >= 0.3 is 0 Å². The number of nitrogens with zero attached hydrogens (tertiary/aromatic N) is 3. The lowest BCUT2D eigenvalue weighted by Gasteiger charge is -2.25. The van der Waals surface area contributed by atoms with Crippen molar-refractivity contribution < 1.29 is 24.5 Å². The second-order valence-electron chi connectivity index (χ2n) is 6.97. The Kier molecular flexibility index (Phi) is 6.10. The number of hydrogen-bond donors (Lipinski definition) is 1. The molecule has 0 bridgehead atoms. The van der Waals surface area contributed by atoms with Gasteiger partial charge in [-0.3, -0.25) is 29.8 Å². The number of rotatable bonds is 7. The fraction of sp³-hybridized carbons (Fsp3) is 0.238. The zero-order chi connectivity index (χ0) is 22.7. The van der Waals surface area contributed by atoms with Crippen LogP contribution in [0.1, 0.15) is 36.9 Å². The van der Waals surface area contributed by atoms with Gasteiger partial charge in [0.15, 0.2) is 0 Å². The van der Waals surface area contributed by atoms with Crippen molar-refractivity contribution >= 4 is 28.8 Å². The highest BCUT2D eigenvalue weighted by Crippen LogP contribution is 2.42. The van der Waals surface area contributed by atoms with Crippen LogP contribution in [0, 0.1) is 20.2 Å². The van der Waals surface area contributed by atoms with Gasteiger partial charge in [-0.1, -0.05) is 25.5 Å². The molecule has 31 heavy (non-hydrogen) atoms. The number of hydrogen-bond acceptors (Lipinski definition) is 7. The zero-order valence-corrected chi connectivity index (χ0v) is 16.6. The highest BCUT2D eigenvalue weighted by Gasteiger charge is 2.47. The van der Waals surface area contributed by atoms with Crippen molar-refractivity contribution in [1.82, 2.24) is 4.90 Å². The van der Waals surface area contributed by atoms with Gasteiger partial charge in [-0.2, -0.15) is 0 Å². The quantitative estimate of drug-likeness (QED) is 0.234. The van der Waals surface area contributed by atoms with Gasteiger partial charge in [-0.05, 0) is 24.6 Å². The molecule has 1 atom stereocenters. The van der Waals surface area contributed by atoms with Crippen molar-refractivity contribution in [2.75, 3.05) is 6.54 Å². The van der Waals surface area contributed by atoms with Crippen LogP contribution in [0.3, 0.4) is 0 Å². The van der Waals surface area contributed by atoms with Crippen LogP contribution in [0.4, 0.5) is 11.4 Å². The van der Waals surface area contributed by atoms with Gasteiger partial charge in [-0.25, -0.2) is 0 Å². The largest absolute Gasteiger partial charge is 0.507 e. The maximum absolute atomic E-state index is 12.8. The SMILES string of the molecule is CCCCN1C(=O)C(=O)C(=C(O)c2ccc([N+](=O)[O-])cc2)[C@@H]1c1ccccc1[N+](=O)[O-]. The van der Waals surface area contributed by atoms with Crippen molar-refractivity contribution in [3.8, 4) is 0 Å². The van der Waals surface area contributed by atoms with Crippen LogP contribution in [0.2, 0.25) is 0 Å². The second kappa shape index (κ2) is 8.74. The summed E-state index contributed by atoms with van der Waals surface area (Å²) in [5, 5.41) is 33.3. The lowest BCUT2D eigenvalue weighted by Crippen LogP contribution is -2.30. The number of unbranched alkanes of at least 4 members (excludes halogenated alkanes) is 1. The molecule has 1 aliphatic rings. The molecule has 0 spiro atoms. The Balaban J connectivity index is 2.21. The van der Waals surface area contributed by atoms with Crippen LogP contribution >= 0.6 is 0 Å². The molecule has 0 aliphatic carbocycles. The summed E-state index contributed by atoms with van der Waals surface area (Å²) in [4.78, 5) is 48.1. The van der Waals surface area contributed by atoms with E-state index in [0.717, 1.165) is 18.6 Å². The molecule has 10 heteroatoms. The van der Waals surface area contributed by atoms with Gasteiger partial charge < -0.3 is 10.0 Å². The molecule has 0 radical (unpaired) electrons. The maximum atomic E-state index is 12.8. The molecule has 1 fully saturated rings. The summed E-state index contributed by atoms with van der Waals surface area (Å²) in [6.07, 6.45) is 1.27. The van der Waals surface area contributed by atoms with Crippen molar-refractivity contribution in [2.45, 2.75) is 25.8 Å². The molecule has 160 valence electrons. The molecule has 1 amide bonds. The molecule has 1 heterocycles. The predicted molar refractivity (Wildman–Crippen MR) is 110 cm³/mol. The highest BCUT2D eigenvalue weighted by molar-refractivity contribution is 6.46. The van der Waals surface area contributed by atoms with Crippen LogP contribution in [0.15, 0.2) is 54.1 Å². The van der Waals surface area contributed by atoms with Crippen LogP contribution in [-0.4, -0.2) is 38.1 Å². The maximum Gasteiger partial charge on any atom is 0.295 e. The number of para-hydroxylation sites is 1. The van der Waals surface area contributed by atoms with Crippen LogP contribution in [0.25, 0.3) is 5.76 Å². The summed E-state index contributed by atoms with van der Waals surface area (Å²) in [6.45, 7) is 2.07. The number of benzene rings is 2. The van der Waals surface area contributed by atoms with E-state index in [1.165, 1.54) is 35.2 Å². The summed E-state index contributed by atoms with van der Waals surface area (Å²) in [6, 6.07) is 9.39. The minimum atomic E-state index is -1.15. The first kappa shape index (κ1) is 21.6. The van der Waals surface area contributed by atoms with Gasteiger partial charge in [-0.15, -0.1) is 0 Å². The number of carbonyl (C=O) groups is 2. The molecule has 1 aliphatic heterocycles. The van der Waals surface area contributed by atoms with E-state index in [1.807, 2.05) is 6.92 Å². The molecule has 1 saturated heterocycles. The Morgan fingerprint density at radius 3 is 2.26 bits per heavy atom. The van der Waals surface area contributed by atoms with E-state index in [1.54, 1.807) is 6.07 Å². The van der Waals surface area contributed by atoms with E-state index in [0.29, 0.717) is 6.42 Å². The van der Waals surface area contributed by atoms with Crippen molar-refractivity contribution in [2.24, 2.45) is 0 Å². The minimum Gasteiger partial charge on any atom is -0.507 e. The molecule has 0 unspecified atom stereocenters. The van der Waals surface area contributed by atoms with Gasteiger partial charge in [0.1, 0.15) is 5.76 Å². The number of carbonyl (C=O) groups excluding carboxylic acids is 2. The topological polar surface area (TPSA) is 144 Å². The molecular formula is C21H19N3O7. The van der Waals surface area contributed by atoms with Gasteiger partial charge in [0.25, 0.3) is 23.1 Å². The van der Waals surface area contributed by atoms with E-state index in [9.17, 15) is 34.9 Å². The van der Waals surface area contributed by atoms with Crippen LogP contribution < -0.4 is 0 Å². The molecule has 2 aromatic rings. The number of aliphatic hydroxyl groups excluding tert-OH is 1. The number of ketones is 1. The molecule has 10 nitrogen and oxygen atoms in total. The monoisotopic (exact) mass is 425 g/mol. The third-order valence-corrected chi connectivity index (χ3v) is 5.07. The Labute approximate surface area is 176 Å². The number of aliphatic hydroxyl groups is 1. The standard InChI is InChI=1S/C21H19N3O7/c1-2-3-12-22-18(15-6-4-5-7-16(15)24(30)31)17(20(26)21(22)27)19(25)13-8-10-14(11-9-13)23(28)29/h4-11,18,25H,2-3,12H2,1H3/t18-/m0/s1. The molecule has 1 N–H and O–H groups in total. The van der Waals surface area contributed by atoms with Gasteiger partial charge in [0.2, 0.25) is 0 Å². The van der Waals surface area contributed by atoms with Gasteiger partial charge in [0.05, 0.1) is 27.0 Å². The average Bonchev–Trinajstić information content (AvgIpc) is 3.01. The fourth-order valence-corrected chi connectivity index (χ4v) is 3.54. The van der Waals surface area contributed by atoms with Crippen molar-refractivity contribution in [1.29, 1.82) is 0 Å². The minimum absolute atomic E-state index is 0.0858. The summed E-state index contributed by atoms with van der Waals surface area (Å²) in [5.41, 5.74) is -0.598. The third-order valence-electron chi connectivity index (χ3n) is 5.07. The summed E-state index contributed by atoms with van der Waals surface area (Å²) >= 11 is 0. The van der Waals surface area contributed by atoms with E-state index in [4.69, 9.17) is 0 Å². The zero-order valence-electron chi connectivity index (χ0n) is 16.6. The first-order valence-electron chi connectivity index (χ1n) is 9.54. The molecule has 3 rings (SSSR count). The third kappa shape index (κ3) is 4.00. The second-order valence-corrected chi connectivity index (χ2v) is 6.97. The number of nitro benzene ring substituents is 2.